The molecule has 0 atom stereocenters. The Bertz CT molecular complexity index is 14.4. The molecule has 0 radical (unpaired) electrons. The zero-order valence-corrected chi connectivity index (χ0v) is 4.85. The van der Waals surface area contributed by atoms with Gasteiger partial charge in [0.1, 0.15) is 0 Å². The van der Waals surface area contributed by atoms with Crippen LogP contribution < -0.4 is 0 Å². The van der Waals surface area contributed by atoms with E-state index in [1.54, 1.807) is 7.11 Å². The number of methoxy groups -OCH3 is 1. The molecule has 0 N–H and O–H groups in total. The van der Waals surface area contributed by atoms with E-state index in [1.807, 2.05) is 0 Å². The Morgan fingerprint density at radius 1 is 1.80 bits per heavy atom. The molecule has 28 valence electrons. The Kier molecular flexibility index (Phi) is 4.93. The van der Waals surface area contributed by atoms with Crippen molar-refractivity contribution in [2.75, 3.05) is 12.6 Å². The van der Waals surface area contributed by atoms with Crippen molar-refractivity contribution in [1.29, 1.82) is 0 Å². The number of hydrogen-bond donors (Lipinski definition) is 0. The van der Waals surface area contributed by atoms with Gasteiger partial charge in [0.2, 0.25) is 0 Å². The molecule has 0 fully saturated rings. The molecule has 0 heterocycles. The van der Waals surface area contributed by atoms with E-state index in [0.717, 1.165) is 5.47 Å². The standard InChI is InChI=1S/C2H5O.CH3.Al/c1-3-2;;/h1H2,2H3;1H3;/q;;+1. The van der Waals surface area contributed by atoms with Gasteiger partial charge in [-0.25, -0.2) is 0 Å². The summed E-state index contributed by atoms with van der Waals surface area (Å²) in [5.74, 6) is 2.17. The fraction of sp³-hybridized carbons (Fsp3) is 1.00. The molecular weight excluding hydrogens is 79.0 g/mol. The van der Waals surface area contributed by atoms with Gasteiger partial charge in [0, 0.05) is 0 Å². The van der Waals surface area contributed by atoms with Crippen molar-refractivity contribution in [2.45, 2.75) is 5.79 Å². The zero-order valence-electron chi connectivity index (χ0n) is 3.69. The number of hydrogen-bond acceptors (Lipinski definition) is 1. The van der Waals surface area contributed by atoms with E-state index in [2.05, 4.69) is 5.79 Å². The normalized spacial score (nSPS) is 6.80. The van der Waals surface area contributed by atoms with Gasteiger partial charge in [-0.1, -0.05) is 0 Å². The monoisotopic (exact) mass is 87.0 g/mol. The Balaban J connectivity index is 2.19. The van der Waals surface area contributed by atoms with Crippen LogP contribution in [0.1, 0.15) is 0 Å². The Hall–Kier alpha value is 0.492. The molecule has 0 saturated carbocycles. The maximum atomic E-state index is 4.73. The third kappa shape index (κ3) is 4.49. The molecule has 0 unspecified atom stereocenters. The van der Waals surface area contributed by atoms with Gasteiger partial charge >= 0.3 is 38.3 Å². The molecule has 1 nitrogen and oxygen atoms in total. The summed E-state index contributed by atoms with van der Waals surface area (Å²) in [7, 11) is 1.73. The van der Waals surface area contributed by atoms with E-state index in [1.165, 1.54) is 0 Å². The first-order valence-corrected chi connectivity index (χ1v) is 3.65. The van der Waals surface area contributed by atoms with Crippen molar-refractivity contribution < 1.29 is 4.74 Å². The maximum absolute atomic E-state index is 4.73. The first kappa shape index (κ1) is 5.49. The van der Waals surface area contributed by atoms with Crippen LogP contribution in [0.3, 0.4) is 0 Å². The molecule has 0 aliphatic carbocycles. The van der Waals surface area contributed by atoms with Gasteiger partial charge in [0.15, 0.2) is 0 Å². The summed E-state index contributed by atoms with van der Waals surface area (Å²) < 4.78 is 4.73. The van der Waals surface area contributed by atoms with Gasteiger partial charge in [-0.3, -0.25) is 0 Å². The fourth-order valence-electron chi connectivity index (χ4n) is 0.167. The zero-order chi connectivity index (χ0) is 4.12. The summed E-state index contributed by atoms with van der Waals surface area (Å²) in [4.78, 5) is 0. The summed E-state index contributed by atoms with van der Waals surface area (Å²) in [5.41, 5.74) is 0.972. The van der Waals surface area contributed by atoms with Crippen LogP contribution in [0.2, 0.25) is 5.79 Å². The molecule has 2 heteroatoms. The molecule has 0 saturated heterocycles. The third-order valence-corrected chi connectivity index (χ3v) is 1.00. The van der Waals surface area contributed by atoms with Crippen LogP contribution in [0.25, 0.3) is 0 Å². The predicted octanol–water partition coefficient (Wildman–Crippen LogP) is 0.343. The van der Waals surface area contributed by atoms with Crippen molar-refractivity contribution in [3.8, 4) is 0 Å². The van der Waals surface area contributed by atoms with E-state index in [0.29, 0.717) is 15.2 Å². The second kappa shape index (κ2) is 4.49. The SMILES string of the molecule is CO[CH2][Al+][CH3]. The summed E-state index contributed by atoms with van der Waals surface area (Å²) in [6.45, 7) is 0. The van der Waals surface area contributed by atoms with Crippen molar-refractivity contribution >= 4 is 15.2 Å². The van der Waals surface area contributed by atoms with Crippen LogP contribution in [-0.4, -0.2) is 27.8 Å². The van der Waals surface area contributed by atoms with E-state index < -0.39 is 0 Å². The van der Waals surface area contributed by atoms with Gasteiger partial charge in [0.25, 0.3) is 0 Å². The molecule has 0 rings (SSSR count). The van der Waals surface area contributed by atoms with Crippen LogP contribution >= 0.6 is 0 Å². The molecule has 0 aromatic rings. The second-order valence-electron chi connectivity index (χ2n) is 0.864. The second-order valence-corrected chi connectivity index (χ2v) is 2.01. The first-order valence-electron chi connectivity index (χ1n) is 1.68. The van der Waals surface area contributed by atoms with Crippen LogP contribution in [0.15, 0.2) is 0 Å². The molecule has 0 aromatic heterocycles. The summed E-state index contributed by atoms with van der Waals surface area (Å²) in [6.07, 6.45) is 0. The Labute approximate surface area is 39.0 Å². The average molecular weight is 87.1 g/mol. The van der Waals surface area contributed by atoms with E-state index in [9.17, 15) is 0 Å². The van der Waals surface area contributed by atoms with Gasteiger partial charge in [-0.2, -0.15) is 0 Å². The molecule has 0 aromatic carbocycles. The van der Waals surface area contributed by atoms with E-state index in [-0.39, 0.29) is 0 Å². The molecule has 5 heavy (non-hydrogen) atoms. The van der Waals surface area contributed by atoms with Crippen LogP contribution in [0.5, 0.6) is 0 Å². The van der Waals surface area contributed by atoms with E-state index >= 15 is 0 Å². The molecule has 0 spiro atoms. The van der Waals surface area contributed by atoms with Crippen LogP contribution in [0.4, 0.5) is 0 Å². The van der Waals surface area contributed by atoms with Crippen LogP contribution in [0, 0.1) is 0 Å². The predicted molar refractivity (Wildman–Crippen MR) is 23.5 cm³/mol. The summed E-state index contributed by atoms with van der Waals surface area (Å²) in [5, 5.41) is 0. The van der Waals surface area contributed by atoms with Crippen molar-refractivity contribution in [2.24, 2.45) is 0 Å². The van der Waals surface area contributed by atoms with Gasteiger partial charge in [-0.15, -0.1) is 0 Å². The fourth-order valence-corrected chi connectivity index (χ4v) is 0.500. The number of ether oxygens (including phenoxy) is 1. The quantitative estimate of drug-likeness (QED) is 0.441. The van der Waals surface area contributed by atoms with Crippen molar-refractivity contribution in [3.05, 3.63) is 0 Å². The molecule has 0 aliphatic heterocycles. The van der Waals surface area contributed by atoms with Gasteiger partial charge in [0.05, 0.1) is 0 Å². The topological polar surface area (TPSA) is 9.23 Å². The van der Waals surface area contributed by atoms with Gasteiger partial charge in [-0.05, 0) is 0 Å². The molecule has 0 bridgehead atoms. The van der Waals surface area contributed by atoms with Gasteiger partial charge < -0.3 is 0 Å². The third-order valence-electron chi connectivity index (χ3n) is 0.333. The minimum atomic E-state index is 0.564. The number of rotatable bonds is 2. The van der Waals surface area contributed by atoms with Crippen molar-refractivity contribution in [1.82, 2.24) is 0 Å². The first-order chi connectivity index (χ1) is 2.41. The van der Waals surface area contributed by atoms with E-state index in [4.69, 9.17) is 4.74 Å². The van der Waals surface area contributed by atoms with Crippen LogP contribution in [-0.2, 0) is 4.74 Å². The Morgan fingerprint density at radius 3 is 2.40 bits per heavy atom. The molecule has 0 amide bonds. The Morgan fingerprint density at radius 2 is 2.40 bits per heavy atom. The average Bonchev–Trinajstić information content (AvgIpc) is 1.41. The summed E-state index contributed by atoms with van der Waals surface area (Å²) in [6, 6.07) is 0. The minimum absolute atomic E-state index is 0.564. The van der Waals surface area contributed by atoms with Crippen molar-refractivity contribution in [3.63, 3.8) is 0 Å². The molecular formula is C3H8AlO+. The molecule has 0 aliphatic rings. The summed E-state index contributed by atoms with van der Waals surface area (Å²) >= 11 is 0.564.